The first-order chi connectivity index (χ1) is 17.1. The number of thioether (sulfide) groups is 1. The van der Waals surface area contributed by atoms with E-state index in [-0.39, 0.29) is 11.2 Å². The zero-order valence-corrected chi connectivity index (χ0v) is 22.9. The van der Waals surface area contributed by atoms with Crippen LogP contribution in [0.5, 0.6) is 5.75 Å². The molecule has 5 N–H and O–H groups in total. The predicted octanol–water partition coefficient (Wildman–Crippen LogP) is 7.60. The van der Waals surface area contributed by atoms with Crippen LogP contribution < -0.4 is 15.4 Å². The lowest BCUT2D eigenvalue weighted by molar-refractivity contribution is -0.131. The maximum absolute atomic E-state index is 11.7. The van der Waals surface area contributed by atoms with Gasteiger partial charge in [0, 0.05) is 35.2 Å². The molecule has 0 unspecified atom stereocenters. The van der Waals surface area contributed by atoms with Crippen LogP contribution in [-0.4, -0.2) is 38.7 Å². The van der Waals surface area contributed by atoms with Crippen molar-refractivity contribution >= 4 is 45.4 Å². The fraction of sp³-hybridized carbons (Fsp3) is 0.444. The molecule has 36 heavy (non-hydrogen) atoms. The molecule has 0 bridgehead atoms. The zero-order chi connectivity index (χ0) is 26.3. The average Bonchev–Trinajstić information content (AvgIpc) is 2.93. The highest BCUT2D eigenvalue weighted by Crippen LogP contribution is 2.62. The molecule has 0 fully saturated rings. The quantitative estimate of drug-likeness (QED) is 0.101. The fourth-order valence-electron chi connectivity index (χ4n) is 4.81. The standard InChI is InChI=1S/C27H38N2O5S2/c1-4-6-13-27(14-7-5-2)18-29(21-10-8-20(28)9-11-21)22-16-24(35-3)23(34-15-12-26(30)31)17-25(22)36(32,33)19-27/h8-12,15-17,32-33H,4-7,13-14,18-19,28H2,1-3H3,(H,30,31)/b15-12+. The Labute approximate surface area is 220 Å². The maximum atomic E-state index is 11.7. The van der Waals surface area contributed by atoms with E-state index in [1.54, 1.807) is 6.07 Å². The largest absolute Gasteiger partial charge is 0.478 e. The van der Waals surface area contributed by atoms with Gasteiger partial charge in [-0.15, -0.1) is 11.8 Å². The van der Waals surface area contributed by atoms with Gasteiger partial charge in [0.1, 0.15) is 5.75 Å². The number of nitrogen functional groups attached to an aromatic ring is 1. The number of carbonyl (C=O) groups is 1. The number of nitrogens with zero attached hydrogens (tertiary/aromatic N) is 1. The first-order valence-corrected chi connectivity index (χ1v) is 15.3. The molecule has 1 aliphatic heterocycles. The summed E-state index contributed by atoms with van der Waals surface area (Å²) < 4.78 is 29.0. The van der Waals surface area contributed by atoms with E-state index in [1.165, 1.54) is 11.8 Å². The van der Waals surface area contributed by atoms with Crippen molar-refractivity contribution in [3.63, 3.8) is 0 Å². The molecule has 0 spiro atoms. The van der Waals surface area contributed by atoms with Gasteiger partial charge in [-0.25, -0.2) is 4.79 Å². The molecule has 7 nitrogen and oxygen atoms in total. The fourth-order valence-corrected chi connectivity index (χ4v) is 7.53. The number of rotatable bonds is 11. The number of fused-ring (bicyclic) bond motifs is 1. The number of unbranched alkanes of at least 4 members (excludes halogenated alkanes) is 2. The van der Waals surface area contributed by atoms with Crippen molar-refractivity contribution in [1.82, 2.24) is 0 Å². The van der Waals surface area contributed by atoms with Gasteiger partial charge in [0.2, 0.25) is 0 Å². The van der Waals surface area contributed by atoms with Crippen LogP contribution in [0.1, 0.15) is 52.4 Å². The van der Waals surface area contributed by atoms with Gasteiger partial charge in [0.15, 0.2) is 0 Å². The summed E-state index contributed by atoms with van der Waals surface area (Å²) >= 11 is 1.45. The molecule has 0 aliphatic carbocycles. The Morgan fingerprint density at radius 2 is 1.81 bits per heavy atom. The van der Waals surface area contributed by atoms with Crippen LogP contribution in [0.25, 0.3) is 0 Å². The summed E-state index contributed by atoms with van der Waals surface area (Å²) in [6, 6.07) is 11.3. The molecule has 0 saturated carbocycles. The first-order valence-electron chi connectivity index (χ1n) is 12.3. The van der Waals surface area contributed by atoms with E-state index in [4.69, 9.17) is 15.6 Å². The second-order valence-electron chi connectivity index (χ2n) is 9.43. The van der Waals surface area contributed by atoms with Crippen molar-refractivity contribution in [3.8, 4) is 5.75 Å². The van der Waals surface area contributed by atoms with Crippen LogP contribution in [0.4, 0.5) is 17.1 Å². The summed E-state index contributed by atoms with van der Waals surface area (Å²) in [5.41, 5.74) is 8.03. The van der Waals surface area contributed by atoms with E-state index < -0.39 is 16.6 Å². The van der Waals surface area contributed by atoms with Gasteiger partial charge in [-0.3, -0.25) is 9.11 Å². The number of aliphatic carboxylic acids is 1. The lowest BCUT2D eigenvalue weighted by Crippen LogP contribution is -2.37. The van der Waals surface area contributed by atoms with Crippen LogP contribution in [0.2, 0.25) is 0 Å². The van der Waals surface area contributed by atoms with E-state index in [1.807, 2.05) is 36.6 Å². The summed E-state index contributed by atoms with van der Waals surface area (Å²) in [7, 11) is -3.18. The van der Waals surface area contributed by atoms with E-state index in [9.17, 15) is 13.9 Å². The van der Waals surface area contributed by atoms with Crippen LogP contribution >= 0.6 is 22.4 Å². The minimum absolute atomic E-state index is 0.279. The molecule has 1 heterocycles. The number of hydrogen-bond donors (Lipinski definition) is 4. The number of carboxylic acids is 1. The Kier molecular flexibility index (Phi) is 9.63. The summed E-state index contributed by atoms with van der Waals surface area (Å²) in [4.78, 5) is 14.3. The molecule has 0 saturated heterocycles. The van der Waals surface area contributed by atoms with Crippen LogP contribution in [0.3, 0.4) is 0 Å². The highest BCUT2D eigenvalue weighted by atomic mass is 32.3. The Bertz CT molecular complexity index is 1060. The summed E-state index contributed by atoms with van der Waals surface area (Å²) in [5, 5.41) is 8.95. The third kappa shape index (κ3) is 6.70. The lowest BCUT2D eigenvalue weighted by atomic mass is 9.79. The highest BCUT2D eigenvalue weighted by Gasteiger charge is 2.42. The minimum atomic E-state index is -3.18. The van der Waals surface area contributed by atoms with E-state index >= 15 is 0 Å². The molecule has 0 amide bonds. The monoisotopic (exact) mass is 534 g/mol. The molecule has 0 aromatic heterocycles. The molecule has 3 rings (SSSR count). The second-order valence-corrected chi connectivity index (χ2v) is 12.3. The number of ether oxygens (including phenoxy) is 1. The van der Waals surface area contributed by atoms with Gasteiger partial charge in [-0.2, -0.15) is 10.6 Å². The van der Waals surface area contributed by atoms with Crippen LogP contribution in [-0.2, 0) is 4.79 Å². The Morgan fingerprint density at radius 3 is 2.36 bits per heavy atom. The highest BCUT2D eigenvalue weighted by molar-refractivity contribution is 8.24. The SMILES string of the molecule is CCCCC1(CCCC)CN(c2ccc(N)cc2)c2cc(SC)c(O/C=C/C(=O)O)cc2S(O)(O)C1. The number of nitrogens with two attached hydrogens (primary N) is 1. The molecule has 9 heteroatoms. The molecular weight excluding hydrogens is 496 g/mol. The summed E-state index contributed by atoms with van der Waals surface area (Å²) in [5.74, 6) is -0.446. The van der Waals surface area contributed by atoms with E-state index in [0.29, 0.717) is 22.9 Å². The molecule has 0 radical (unpaired) electrons. The molecule has 0 atom stereocenters. The van der Waals surface area contributed by atoms with Crippen LogP contribution in [0, 0.1) is 5.41 Å². The van der Waals surface area contributed by atoms with E-state index in [0.717, 1.165) is 67.1 Å². The molecule has 2 aromatic rings. The second kappa shape index (κ2) is 12.3. The molecule has 198 valence electrons. The van der Waals surface area contributed by atoms with Crippen molar-refractivity contribution < 1.29 is 23.7 Å². The van der Waals surface area contributed by atoms with E-state index in [2.05, 4.69) is 18.7 Å². The van der Waals surface area contributed by atoms with Gasteiger partial charge >= 0.3 is 5.97 Å². The zero-order valence-electron chi connectivity index (χ0n) is 21.3. The smallest absolute Gasteiger partial charge is 0.331 e. The molecule has 2 aromatic carbocycles. The number of anilines is 3. The lowest BCUT2D eigenvalue weighted by Gasteiger charge is -2.42. The predicted molar refractivity (Wildman–Crippen MR) is 151 cm³/mol. The number of hydrogen-bond acceptors (Lipinski definition) is 7. The van der Waals surface area contributed by atoms with Gasteiger partial charge in [0.25, 0.3) is 0 Å². The van der Waals surface area contributed by atoms with Crippen molar-refractivity contribution in [2.75, 3.05) is 29.2 Å². The maximum Gasteiger partial charge on any atom is 0.331 e. The number of benzene rings is 2. The minimum Gasteiger partial charge on any atom is -0.478 e. The molecule has 1 aliphatic rings. The summed E-state index contributed by atoms with van der Waals surface area (Å²) in [6.45, 7) is 4.98. The van der Waals surface area contributed by atoms with Crippen molar-refractivity contribution in [2.45, 2.75) is 62.2 Å². The van der Waals surface area contributed by atoms with Crippen molar-refractivity contribution in [3.05, 3.63) is 48.7 Å². The first kappa shape index (κ1) is 28.2. The van der Waals surface area contributed by atoms with Crippen LogP contribution in [0.15, 0.2) is 58.5 Å². The van der Waals surface area contributed by atoms with Gasteiger partial charge in [0.05, 0.1) is 27.8 Å². The Hall–Kier alpha value is -2.33. The average molecular weight is 535 g/mol. The van der Waals surface area contributed by atoms with Gasteiger partial charge < -0.3 is 20.5 Å². The summed E-state index contributed by atoms with van der Waals surface area (Å²) in [6.07, 6.45) is 9.82. The molecular formula is C27H38N2O5S2. The van der Waals surface area contributed by atoms with Gasteiger partial charge in [-0.1, -0.05) is 39.5 Å². The van der Waals surface area contributed by atoms with Crippen molar-refractivity contribution in [1.29, 1.82) is 0 Å². The van der Waals surface area contributed by atoms with Crippen molar-refractivity contribution in [2.24, 2.45) is 5.41 Å². The number of carboxylic acid groups (broad SMARTS) is 1. The van der Waals surface area contributed by atoms with Gasteiger partial charge in [-0.05, 0) is 49.4 Å². The Morgan fingerprint density at radius 1 is 1.17 bits per heavy atom. The third-order valence-electron chi connectivity index (χ3n) is 6.62. The Balaban J connectivity index is 2.22. The topological polar surface area (TPSA) is 116 Å². The third-order valence-corrected chi connectivity index (χ3v) is 9.43. The normalized spacial score (nSPS) is 17.4.